The fourth-order valence-electron chi connectivity index (χ4n) is 3.00. The predicted molar refractivity (Wildman–Crippen MR) is 101 cm³/mol. The summed E-state index contributed by atoms with van der Waals surface area (Å²) in [5.41, 5.74) is 1.08. The molecule has 1 heterocycles. The van der Waals surface area contributed by atoms with Crippen molar-refractivity contribution in [2.45, 2.75) is 78.5 Å². The molecule has 6 nitrogen and oxygen atoms in total. The van der Waals surface area contributed by atoms with Crippen molar-refractivity contribution in [3.8, 4) is 0 Å². The van der Waals surface area contributed by atoms with E-state index < -0.39 is 0 Å². The molecule has 0 bridgehead atoms. The van der Waals surface area contributed by atoms with E-state index in [1.54, 1.807) is 7.05 Å². The Balaban J connectivity index is 1.80. The molecule has 1 aromatic rings. The van der Waals surface area contributed by atoms with Crippen LogP contribution in [0.5, 0.6) is 0 Å². The number of rotatable bonds is 8. The number of guanidine groups is 1. The molecule has 1 aliphatic rings. The smallest absolute Gasteiger partial charge is 0.191 e. The van der Waals surface area contributed by atoms with Gasteiger partial charge in [0.25, 0.3) is 0 Å². The SMILES string of the molecule is CCCCOC1CC(NC(=NC)NCc2cc(C(C)C)no2)C1(C)C. The standard InChI is InChI=1S/C19H34N4O2/c1-7-8-9-24-17-11-16(19(17,4)5)22-18(20-6)21-12-14-10-15(13(2)3)23-25-14/h10,13,16-17H,7-9,11-12H2,1-6H3,(H2,20,21,22). The number of hydrogen-bond acceptors (Lipinski definition) is 4. The molecule has 0 aromatic carbocycles. The molecule has 2 atom stereocenters. The van der Waals surface area contributed by atoms with Crippen molar-refractivity contribution >= 4 is 5.96 Å². The van der Waals surface area contributed by atoms with E-state index in [4.69, 9.17) is 9.26 Å². The topological polar surface area (TPSA) is 71.7 Å². The van der Waals surface area contributed by atoms with Crippen LogP contribution in [-0.4, -0.2) is 36.9 Å². The van der Waals surface area contributed by atoms with Crippen LogP contribution in [0.2, 0.25) is 0 Å². The lowest BCUT2D eigenvalue weighted by molar-refractivity contribution is -0.113. The van der Waals surface area contributed by atoms with Crippen molar-refractivity contribution < 1.29 is 9.26 Å². The number of nitrogens with one attached hydrogen (secondary N) is 2. The minimum atomic E-state index is 0.0996. The Morgan fingerprint density at radius 2 is 2.24 bits per heavy atom. The van der Waals surface area contributed by atoms with E-state index in [-0.39, 0.29) is 5.41 Å². The third kappa shape index (κ3) is 4.97. The minimum Gasteiger partial charge on any atom is -0.378 e. The summed E-state index contributed by atoms with van der Waals surface area (Å²) in [4.78, 5) is 4.32. The molecule has 1 saturated carbocycles. The third-order valence-corrected chi connectivity index (χ3v) is 5.13. The van der Waals surface area contributed by atoms with Crippen molar-refractivity contribution in [3.05, 3.63) is 17.5 Å². The van der Waals surface area contributed by atoms with Crippen LogP contribution in [0.3, 0.4) is 0 Å². The molecule has 6 heteroatoms. The molecule has 2 rings (SSSR count). The summed E-state index contributed by atoms with van der Waals surface area (Å²) >= 11 is 0. The predicted octanol–water partition coefficient (Wildman–Crippen LogP) is 3.45. The van der Waals surface area contributed by atoms with E-state index in [1.165, 1.54) is 6.42 Å². The lowest BCUT2D eigenvalue weighted by Crippen LogP contribution is -2.63. The Morgan fingerprint density at radius 1 is 1.48 bits per heavy atom. The van der Waals surface area contributed by atoms with E-state index in [0.717, 1.165) is 36.9 Å². The van der Waals surface area contributed by atoms with Crippen LogP contribution in [0, 0.1) is 5.41 Å². The lowest BCUT2D eigenvalue weighted by Gasteiger charge is -2.52. The highest BCUT2D eigenvalue weighted by molar-refractivity contribution is 5.80. The van der Waals surface area contributed by atoms with Crippen molar-refractivity contribution in [1.29, 1.82) is 0 Å². The van der Waals surface area contributed by atoms with E-state index >= 15 is 0 Å². The maximum Gasteiger partial charge on any atom is 0.191 e. The fourth-order valence-corrected chi connectivity index (χ4v) is 3.00. The average molecular weight is 351 g/mol. The Hall–Kier alpha value is -1.56. The summed E-state index contributed by atoms with van der Waals surface area (Å²) < 4.78 is 11.4. The van der Waals surface area contributed by atoms with E-state index in [9.17, 15) is 0 Å². The van der Waals surface area contributed by atoms with Gasteiger partial charge in [-0.3, -0.25) is 4.99 Å². The second-order valence-corrected chi connectivity index (χ2v) is 7.77. The van der Waals surface area contributed by atoms with Gasteiger partial charge >= 0.3 is 0 Å². The summed E-state index contributed by atoms with van der Waals surface area (Å²) in [6.07, 6.45) is 3.63. The van der Waals surface area contributed by atoms with Crippen LogP contribution in [0.25, 0.3) is 0 Å². The molecule has 2 N–H and O–H groups in total. The molecule has 2 unspecified atom stereocenters. The molecular weight excluding hydrogens is 316 g/mol. The van der Waals surface area contributed by atoms with Crippen molar-refractivity contribution in [2.75, 3.05) is 13.7 Å². The highest BCUT2D eigenvalue weighted by Crippen LogP contribution is 2.42. The first kappa shape index (κ1) is 19.8. The van der Waals surface area contributed by atoms with Crippen molar-refractivity contribution in [2.24, 2.45) is 10.4 Å². The van der Waals surface area contributed by atoms with Gasteiger partial charge in [0.05, 0.1) is 18.3 Å². The first-order chi connectivity index (χ1) is 11.9. The van der Waals surface area contributed by atoms with Gasteiger partial charge in [0, 0.05) is 31.2 Å². The van der Waals surface area contributed by atoms with Crippen LogP contribution >= 0.6 is 0 Å². The van der Waals surface area contributed by atoms with Gasteiger partial charge in [-0.05, 0) is 18.8 Å². The Bertz CT molecular complexity index is 566. The second kappa shape index (κ2) is 8.70. The molecular formula is C19H34N4O2. The normalized spacial score (nSPS) is 22.8. The molecule has 1 fully saturated rings. The number of hydrogen-bond donors (Lipinski definition) is 2. The molecule has 0 spiro atoms. The fraction of sp³-hybridized carbons (Fsp3) is 0.789. The molecule has 142 valence electrons. The number of aromatic nitrogens is 1. The van der Waals surface area contributed by atoms with Gasteiger partial charge < -0.3 is 19.9 Å². The molecule has 25 heavy (non-hydrogen) atoms. The average Bonchev–Trinajstić information content (AvgIpc) is 3.05. The Labute approximate surface area is 151 Å². The third-order valence-electron chi connectivity index (χ3n) is 5.13. The van der Waals surface area contributed by atoms with Gasteiger partial charge in [-0.2, -0.15) is 0 Å². The summed E-state index contributed by atoms with van der Waals surface area (Å²) in [5.74, 6) is 1.98. The van der Waals surface area contributed by atoms with Gasteiger partial charge in [-0.1, -0.05) is 46.2 Å². The van der Waals surface area contributed by atoms with Crippen LogP contribution in [0.4, 0.5) is 0 Å². The van der Waals surface area contributed by atoms with Gasteiger partial charge in [-0.15, -0.1) is 0 Å². The lowest BCUT2D eigenvalue weighted by atomic mass is 9.64. The van der Waals surface area contributed by atoms with E-state index in [2.05, 4.69) is 55.4 Å². The monoisotopic (exact) mass is 350 g/mol. The largest absolute Gasteiger partial charge is 0.378 e. The Morgan fingerprint density at radius 3 is 2.80 bits per heavy atom. The summed E-state index contributed by atoms with van der Waals surface area (Å²) in [5, 5.41) is 10.9. The van der Waals surface area contributed by atoms with Gasteiger partial charge in [0.1, 0.15) is 0 Å². The molecule has 0 saturated heterocycles. The van der Waals surface area contributed by atoms with Gasteiger partial charge in [0.15, 0.2) is 11.7 Å². The van der Waals surface area contributed by atoms with Crippen molar-refractivity contribution in [3.63, 3.8) is 0 Å². The number of nitrogens with zero attached hydrogens (tertiary/aromatic N) is 2. The molecule has 0 aliphatic heterocycles. The second-order valence-electron chi connectivity index (χ2n) is 7.77. The highest BCUT2D eigenvalue weighted by atomic mass is 16.5. The number of unbranched alkanes of at least 4 members (excludes halogenated alkanes) is 1. The zero-order valence-electron chi connectivity index (χ0n) is 16.6. The maximum absolute atomic E-state index is 6.01. The van der Waals surface area contributed by atoms with Crippen LogP contribution < -0.4 is 10.6 Å². The first-order valence-corrected chi connectivity index (χ1v) is 9.42. The summed E-state index contributed by atoms with van der Waals surface area (Å²) in [6, 6.07) is 2.35. The summed E-state index contributed by atoms with van der Waals surface area (Å²) in [7, 11) is 1.79. The van der Waals surface area contributed by atoms with Crippen LogP contribution in [0.15, 0.2) is 15.6 Å². The molecule has 1 aromatic heterocycles. The Kier molecular flexibility index (Phi) is 6.87. The summed E-state index contributed by atoms with van der Waals surface area (Å²) in [6.45, 7) is 12.3. The van der Waals surface area contributed by atoms with Crippen LogP contribution in [0.1, 0.15) is 71.3 Å². The zero-order chi connectivity index (χ0) is 18.4. The van der Waals surface area contributed by atoms with E-state index in [1.807, 2.05) is 6.07 Å². The maximum atomic E-state index is 6.01. The number of aliphatic imine (C=N–C) groups is 1. The number of ether oxygens (including phenoxy) is 1. The first-order valence-electron chi connectivity index (χ1n) is 9.42. The molecule has 1 aliphatic carbocycles. The van der Waals surface area contributed by atoms with Crippen molar-refractivity contribution in [1.82, 2.24) is 15.8 Å². The molecule has 0 amide bonds. The minimum absolute atomic E-state index is 0.0996. The highest BCUT2D eigenvalue weighted by Gasteiger charge is 2.49. The zero-order valence-corrected chi connectivity index (χ0v) is 16.6. The quantitative estimate of drug-likeness (QED) is 0.427. The van der Waals surface area contributed by atoms with Gasteiger partial charge in [-0.25, -0.2) is 0 Å². The molecule has 0 radical (unpaired) electrons. The van der Waals surface area contributed by atoms with E-state index in [0.29, 0.717) is 24.6 Å². The van der Waals surface area contributed by atoms with Gasteiger partial charge in [0.2, 0.25) is 0 Å². The van der Waals surface area contributed by atoms with Crippen LogP contribution in [-0.2, 0) is 11.3 Å².